The van der Waals surface area contributed by atoms with Crippen LogP contribution in [-0.2, 0) is 7.05 Å². The third-order valence-electron chi connectivity index (χ3n) is 4.27. The summed E-state index contributed by atoms with van der Waals surface area (Å²) < 4.78 is 7.34. The predicted molar refractivity (Wildman–Crippen MR) is 106 cm³/mol. The van der Waals surface area contributed by atoms with Crippen LogP contribution in [0.2, 0.25) is 0 Å². The number of nitrogens with zero attached hydrogens (tertiary/aromatic N) is 6. The Morgan fingerprint density at radius 3 is 2.61 bits per heavy atom. The number of hydrogen-bond donors (Lipinski definition) is 0. The molecule has 0 saturated carbocycles. The normalized spacial score (nSPS) is 11.2. The molecule has 0 fully saturated rings. The Kier molecular flexibility index (Phi) is 4.10. The van der Waals surface area contributed by atoms with Crippen LogP contribution < -0.4 is 0 Å². The Labute approximate surface area is 164 Å². The van der Waals surface area contributed by atoms with Gasteiger partial charge in [-0.25, -0.2) is 9.97 Å². The van der Waals surface area contributed by atoms with E-state index in [2.05, 4.69) is 15.2 Å². The molecular weight excluding hydrogens is 372 g/mol. The summed E-state index contributed by atoms with van der Waals surface area (Å²) in [6, 6.07) is 15.4. The minimum atomic E-state index is 0.650. The molecule has 0 aliphatic carbocycles. The van der Waals surface area contributed by atoms with Crippen LogP contribution in [0.3, 0.4) is 0 Å². The zero-order chi connectivity index (χ0) is 18.9. The van der Waals surface area contributed by atoms with Crippen molar-refractivity contribution in [2.45, 2.75) is 10.2 Å². The molecule has 0 spiro atoms. The Morgan fingerprint density at radius 2 is 1.79 bits per heavy atom. The monoisotopic (exact) mass is 386 g/mol. The molecule has 4 aromatic heterocycles. The molecule has 8 heteroatoms. The molecule has 0 aliphatic rings. The van der Waals surface area contributed by atoms with Crippen LogP contribution in [0, 0.1) is 0 Å². The molecule has 4 heterocycles. The Morgan fingerprint density at radius 1 is 0.929 bits per heavy atom. The smallest absolute Gasteiger partial charge is 0.200 e. The number of pyridine rings is 1. The van der Waals surface area contributed by atoms with Gasteiger partial charge in [0.25, 0.3) is 0 Å². The number of aromatic nitrogens is 6. The molecule has 5 aromatic rings. The van der Waals surface area contributed by atoms with E-state index in [0.29, 0.717) is 17.4 Å². The molecule has 0 N–H and O–H groups in total. The number of furan rings is 1. The Balaban J connectivity index is 1.61. The van der Waals surface area contributed by atoms with Crippen molar-refractivity contribution in [3.05, 3.63) is 67.2 Å². The lowest BCUT2D eigenvalue weighted by molar-refractivity contribution is 0.572. The van der Waals surface area contributed by atoms with Gasteiger partial charge in [0.15, 0.2) is 22.6 Å². The van der Waals surface area contributed by atoms with E-state index in [9.17, 15) is 0 Å². The highest BCUT2D eigenvalue weighted by atomic mass is 32.2. The highest BCUT2D eigenvalue weighted by Crippen LogP contribution is 2.33. The van der Waals surface area contributed by atoms with Crippen molar-refractivity contribution in [3.8, 4) is 23.0 Å². The molecule has 0 atom stereocenters. The van der Waals surface area contributed by atoms with Gasteiger partial charge < -0.3 is 8.98 Å². The van der Waals surface area contributed by atoms with Crippen molar-refractivity contribution in [1.82, 2.24) is 29.7 Å². The van der Waals surface area contributed by atoms with Gasteiger partial charge in [-0.2, -0.15) is 0 Å². The lowest BCUT2D eigenvalue weighted by atomic mass is 10.2. The molecular formula is C20H14N6OS. The first kappa shape index (κ1) is 16.6. The van der Waals surface area contributed by atoms with E-state index >= 15 is 0 Å². The average Bonchev–Trinajstić information content (AvgIpc) is 3.39. The Bertz CT molecular complexity index is 1250. The summed E-state index contributed by atoms with van der Waals surface area (Å²) >= 11 is 1.45. The number of rotatable bonds is 4. The lowest BCUT2D eigenvalue weighted by Crippen LogP contribution is -1.97. The molecule has 0 amide bonds. The summed E-state index contributed by atoms with van der Waals surface area (Å²) in [5, 5.41) is 11.1. The summed E-state index contributed by atoms with van der Waals surface area (Å²) in [7, 11) is 1.91. The number of fused-ring (bicyclic) bond motifs is 1. The number of hydrogen-bond acceptors (Lipinski definition) is 7. The molecule has 0 unspecified atom stereocenters. The third-order valence-corrected chi connectivity index (χ3v) is 5.31. The third kappa shape index (κ3) is 2.93. The zero-order valence-corrected chi connectivity index (χ0v) is 15.7. The van der Waals surface area contributed by atoms with Crippen molar-refractivity contribution >= 4 is 22.7 Å². The molecule has 0 radical (unpaired) electrons. The van der Waals surface area contributed by atoms with Crippen LogP contribution in [0.1, 0.15) is 0 Å². The van der Waals surface area contributed by atoms with Gasteiger partial charge in [-0.1, -0.05) is 18.2 Å². The first-order valence-corrected chi connectivity index (χ1v) is 9.39. The second-order valence-electron chi connectivity index (χ2n) is 6.05. The van der Waals surface area contributed by atoms with Crippen molar-refractivity contribution in [1.29, 1.82) is 0 Å². The van der Waals surface area contributed by atoms with E-state index in [1.165, 1.54) is 11.8 Å². The minimum Gasteiger partial charge on any atom is -0.461 e. The SMILES string of the molecule is Cn1c(Sc2nc(-c3ccncc3)nc3ccccc23)nnc1-c1ccco1. The van der Waals surface area contributed by atoms with Gasteiger partial charge in [-0.05, 0) is 42.1 Å². The number of benzene rings is 1. The second kappa shape index (κ2) is 6.90. The fourth-order valence-corrected chi connectivity index (χ4v) is 3.76. The first-order chi connectivity index (χ1) is 13.8. The van der Waals surface area contributed by atoms with Gasteiger partial charge in [-0.3, -0.25) is 4.98 Å². The highest BCUT2D eigenvalue weighted by Gasteiger charge is 2.17. The van der Waals surface area contributed by atoms with Crippen molar-refractivity contribution in [3.63, 3.8) is 0 Å². The summed E-state index contributed by atoms with van der Waals surface area (Å²) in [6.45, 7) is 0. The summed E-state index contributed by atoms with van der Waals surface area (Å²) in [4.78, 5) is 13.6. The summed E-state index contributed by atoms with van der Waals surface area (Å²) in [6.07, 6.45) is 5.09. The van der Waals surface area contributed by atoms with Gasteiger partial charge in [0.2, 0.25) is 0 Å². The average molecular weight is 386 g/mol. The van der Waals surface area contributed by atoms with E-state index in [1.54, 1.807) is 18.7 Å². The van der Waals surface area contributed by atoms with Crippen LogP contribution in [0.25, 0.3) is 33.9 Å². The molecule has 7 nitrogen and oxygen atoms in total. The van der Waals surface area contributed by atoms with Gasteiger partial charge in [0.1, 0.15) is 5.03 Å². The fourth-order valence-electron chi connectivity index (χ4n) is 2.87. The van der Waals surface area contributed by atoms with Crippen molar-refractivity contribution in [2.24, 2.45) is 7.05 Å². The van der Waals surface area contributed by atoms with Crippen LogP contribution in [0.5, 0.6) is 0 Å². The van der Waals surface area contributed by atoms with Crippen LogP contribution in [0.15, 0.2) is 81.8 Å². The van der Waals surface area contributed by atoms with Gasteiger partial charge in [0.05, 0.1) is 11.8 Å². The molecule has 136 valence electrons. The maximum atomic E-state index is 5.45. The zero-order valence-electron chi connectivity index (χ0n) is 14.9. The minimum absolute atomic E-state index is 0.650. The largest absolute Gasteiger partial charge is 0.461 e. The maximum Gasteiger partial charge on any atom is 0.200 e. The van der Waals surface area contributed by atoms with E-state index in [1.807, 2.05) is 60.1 Å². The summed E-state index contributed by atoms with van der Waals surface area (Å²) in [5.41, 5.74) is 1.79. The standard InChI is InChI=1S/C20H14N6OS/c1-26-18(16-7-4-12-27-16)24-25-20(26)28-19-14-5-2-3-6-15(14)22-17(23-19)13-8-10-21-11-9-13/h2-12H,1H3. The second-order valence-corrected chi connectivity index (χ2v) is 7.01. The van der Waals surface area contributed by atoms with Gasteiger partial charge in [0, 0.05) is 30.4 Å². The summed E-state index contributed by atoms with van der Waals surface area (Å²) in [5.74, 6) is 1.99. The van der Waals surface area contributed by atoms with E-state index in [-0.39, 0.29) is 0 Å². The van der Waals surface area contributed by atoms with Crippen molar-refractivity contribution < 1.29 is 4.42 Å². The number of para-hydroxylation sites is 1. The molecule has 0 bridgehead atoms. The van der Waals surface area contributed by atoms with Crippen LogP contribution in [0.4, 0.5) is 0 Å². The van der Waals surface area contributed by atoms with Crippen LogP contribution >= 0.6 is 11.8 Å². The first-order valence-electron chi connectivity index (χ1n) is 8.58. The maximum absolute atomic E-state index is 5.45. The quantitative estimate of drug-likeness (QED) is 0.427. The van der Waals surface area contributed by atoms with E-state index in [0.717, 1.165) is 26.6 Å². The molecule has 28 heavy (non-hydrogen) atoms. The molecule has 0 aliphatic heterocycles. The molecule has 5 rings (SSSR count). The van der Waals surface area contributed by atoms with Gasteiger partial charge >= 0.3 is 0 Å². The van der Waals surface area contributed by atoms with E-state index < -0.39 is 0 Å². The van der Waals surface area contributed by atoms with Crippen LogP contribution in [-0.4, -0.2) is 29.7 Å². The molecule has 1 aromatic carbocycles. The Hall–Kier alpha value is -3.52. The molecule has 0 saturated heterocycles. The highest BCUT2D eigenvalue weighted by molar-refractivity contribution is 7.99. The fraction of sp³-hybridized carbons (Fsp3) is 0.0500. The van der Waals surface area contributed by atoms with E-state index in [4.69, 9.17) is 14.4 Å². The van der Waals surface area contributed by atoms with Gasteiger partial charge in [-0.15, -0.1) is 10.2 Å². The van der Waals surface area contributed by atoms with Crippen molar-refractivity contribution in [2.75, 3.05) is 0 Å². The predicted octanol–water partition coefficient (Wildman–Crippen LogP) is 4.23. The lowest BCUT2D eigenvalue weighted by Gasteiger charge is -2.08. The topological polar surface area (TPSA) is 82.5 Å².